The molecule has 1 N–H and O–H groups in total. The van der Waals surface area contributed by atoms with E-state index in [0.717, 1.165) is 0 Å². The lowest BCUT2D eigenvalue weighted by Crippen LogP contribution is -2.13. The van der Waals surface area contributed by atoms with Crippen molar-refractivity contribution < 1.29 is 9.90 Å². The maximum Gasteiger partial charge on any atom is 0.325 e. The third kappa shape index (κ3) is 2.06. The van der Waals surface area contributed by atoms with Gasteiger partial charge in [0.1, 0.15) is 6.54 Å². The van der Waals surface area contributed by atoms with E-state index < -0.39 is 5.97 Å². The molecule has 0 amide bonds. The Bertz CT molecular complexity index is 297. The van der Waals surface area contributed by atoms with Gasteiger partial charge in [0.2, 0.25) is 0 Å². The molecule has 1 heterocycles. The molecule has 6 nitrogen and oxygen atoms in total. The van der Waals surface area contributed by atoms with Crippen molar-refractivity contribution in [2.24, 2.45) is 0 Å². The van der Waals surface area contributed by atoms with Crippen LogP contribution in [0.25, 0.3) is 0 Å². The van der Waals surface area contributed by atoms with Crippen molar-refractivity contribution in [3.05, 3.63) is 5.82 Å². The number of tetrazole rings is 1. The molecule has 1 aromatic heterocycles. The van der Waals surface area contributed by atoms with Gasteiger partial charge in [0.15, 0.2) is 5.82 Å². The molecule has 0 aromatic carbocycles. The van der Waals surface area contributed by atoms with Crippen LogP contribution in [0.3, 0.4) is 0 Å². The lowest BCUT2D eigenvalue weighted by atomic mass is 10.4. The molecule has 1 aromatic rings. The summed E-state index contributed by atoms with van der Waals surface area (Å²) in [4.78, 5) is 10.3. The van der Waals surface area contributed by atoms with Crippen molar-refractivity contribution in [2.75, 3.05) is 0 Å². The zero-order valence-corrected chi connectivity index (χ0v) is 6.78. The maximum absolute atomic E-state index is 10.3. The zero-order chi connectivity index (χ0) is 8.97. The van der Waals surface area contributed by atoms with Crippen molar-refractivity contribution in [3.63, 3.8) is 0 Å². The molecule has 0 saturated heterocycles. The molecule has 12 heavy (non-hydrogen) atoms. The van der Waals surface area contributed by atoms with Crippen molar-refractivity contribution >= 4 is 23.6 Å². The average molecular weight is 185 g/mol. The van der Waals surface area contributed by atoms with Gasteiger partial charge in [-0.3, -0.25) is 4.79 Å². The number of hydrogen-bond acceptors (Lipinski definition) is 5. The lowest BCUT2D eigenvalue weighted by molar-refractivity contribution is -0.137. The molecule has 0 aliphatic rings. The summed E-state index contributed by atoms with van der Waals surface area (Å²) in [7, 11) is 0. The smallest absolute Gasteiger partial charge is 0.325 e. The summed E-state index contributed by atoms with van der Waals surface area (Å²) in [5.74, 6) is -0.583. The SMILES string of the molecule is O=C(O)Cn1nnnc1C[C]=S. The Labute approximate surface area is 73.2 Å². The third-order valence-electron chi connectivity index (χ3n) is 1.12. The van der Waals surface area contributed by atoms with E-state index in [9.17, 15) is 4.79 Å². The molecular formula is C5H5N4O2S. The minimum Gasteiger partial charge on any atom is -0.480 e. The predicted octanol–water partition coefficient (Wildman–Crippen LogP) is -0.823. The fourth-order valence-corrected chi connectivity index (χ4v) is 0.794. The molecule has 63 valence electrons. The van der Waals surface area contributed by atoms with Crippen LogP contribution in [-0.4, -0.2) is 36.7 Å². The highest BCUT2D eigenvalue weighted by molar-refractivity contribution is 7.78. The molecule has 0 spiro atoms. The Balaban J connectivity index is 2.76. The molecule has 0 unspecified atom stereocenters. The largest absolute Gasteiger partial charge is 0.480 e. The Morgan fingerprint density at radius 3 is 3.08 bits per heavy atom. The molecule has 0 fully saturated rings. The summed E-state index contributed by atoms with van der Waals surface area (Å²) in [5, 5.41) is 21.2. The molecule has 0 saturated carbocycles. The second-order valence-corrected chi connectivity index (χ2v) is 2.26. The number of aromatic nitrogens is 4. The van der Waals surface area contributed by atoms with Crippen molar-refractivity contribution in [2.45, 2.75) is 13.0 Å². The van der Waals surface area contributed by atoms with E-state index in [2.05, 4.69) is 33.1 Å². The summed E-state index contributed by atoms with van der Waals surface area (Å²) in [6.45, 7) is -0.251. The average Bonchev–Trinajstić information content (AvgIpc) is 2.37. The monoisotopic (exact) mass is 185 g/mol. The molecular weight excluding hydrogens is 180 g/mol. The van der Waals surface area contributed by atoms with Crippen LogP contribution in [0.4, 0.5) is 0 Å². The third-order valence-corrected chi connectivity index (χ3v) is 1.27. The quantitative estimate of drug-likeness (QED) is 0.617. The minimum absolute atomic E-state index is 0.251. The van der Waals surface area contributed by atoms with Crippen molar-refractivity contribution in [1.82, 2.24) is 20.2 Å². The number of carboxylic acid groups (broad SMARTS) is 1. The number of nitrogens with zero attached hydrogens (tertiary/aromatic N) is 4. The highest BCUT2D eigenvalue weighted by atomic mass is 32.1. The molecule has 1 rings (SSSR count). The first kappa shape index (κ1) is 8.72. The summed E-state index contributed by atoms with van der Waals surface area (Å²) in [6.07, 6.45) is 0.273. The van der Waals surface area contributed by atoms with Crippen LogP contribution in [0.1, 0.15) is 5.82 Å². The van der Waals surface area contributed by atoms with Gasteiger partial charge in [-0.25, -0.2) is 4.68 Å². The number of thiocarbonyl (C=S) groups is 1. The topological polar surface area (TPSA) is 80.9 Å². The molecule has 0 aliphatic carbocycles. The first-order valence-corrected chi connectivity index (χ1v) is 3.46. The van der Waals surface area contributed by atoms with Crippen LogP contribution in [0.5, 0.6) is 0 Å². The van der Waals surface area contributed by atoms with E-state index >= 15 is 0 Å². The van der Waals surface area contributed by atoms with E-state index in [1.165, 1.54) is 4.68 Å². The van der Waals surface area contributed by atoms with Gasteiger partial charge in [-0.2, -0.15) is 0 Å². The minimum atomic E-state index is -0.993. The first-order chi connectivity index (χ1) is 5.74. The highest BCUT2D eigenvalue weighted by Crippen LogP contribution is 1.91. The molecule has 0 atom stereocenters. The van der Waals surface area contributed by atoms with Crippen LogP contribution < -0.4 is 0 Å². The van der Waals surface area contributed by atoms with E-state index in [1.807, 2.05) is 0 Å². The van der Waals surface area contributed by atoms with Gasteiger partial charge in [-0.05, 0) is 10.4 Å². The van der Waals surface area contributed by atoms with Crippen LogP contribution in [0.2, 0.25) is 0 Å². The standard InChI is InChI=1S/C5H5N4O2S/c10-5(11)3-9-4(1-2-12)6-7-8-9/h1,3H2,(H,10,11). The van der Waals surface area contributed by atoms with Gasteiger partial charge >= 0.3 is 5.97 Å². The van der Waals surface area contributed by atoms with Crippen molar-refractivity contribution in [3.8, 4) is 0 Å². The highest BCUT2D eigenvalue weighted by Gasteiger charge is 2.07. The Hall–Kier alpha value is -1.37. The van der Waals surface area contributed by atoms with Crippen LogP contribution in [0.15, 0.2) is 0 Å². The van der Waals surface area contributed by atoms with Gasteiger partial charge in [0.25, 0.3) is 0 Å². The second kappa shape index (κ2) is 3.86. The summed E-state index contributed by atoms with van der Waals surface area (Å²) >= 11 is 4.47. The zero-order valence-electron chi connectivity index (χ0n) is 5.97. The van der Waals surface area contributed by atoms with E-state index in [1.54, 1.807) is 0 Å². The lowest BCUT2D eigenvalue weighted by Gasteiger charge is -1.95. The molecule has 0 aliphatic heterocycles. The van der Waals surface area contributed by atoms with Gasteiger partial charge in [-0.15, -0.1) is 5.10 Å². The summed E-state index contributed by atoms with van der Waals surface area (Å²) in [5.41, 5.74) is 0. The fraction of sp³-hybridized carbons (Fsp3) is 0.400. The van der Waals surface area contributed by atoms with E-state index in [0.29, 0.717) is 5.82 Å². The van der Waals surface area contributed by atoms with Crippen LogP contribution in [0, 0.1) is 0 Å². The number of hydrogen-bond donors (Lipinski definition) is 1. The summed E-state index contributed by atoms with van der Waals surface area (Å²) < 4.78 is 1.17. The Kier molecular flexibility index (Phi) is 2.81. The molecule has 0 bridgehead atoms. The van der Waals surface area contributed by atoms with Crippen LogP contribution >= 0.6 is 12.2 Å². The van der Waals surface area contributed by atoms with Crippen LogP contribution in [-0.2, 0) is 17.8 Å². The van der Waals surface area contributed by atoms with E-state index in [-0.39, 0.29) is 13.0 Å². The Morgan fingerprint density at radius 2 is 2.50 bits per heavy atom. The van der Waals surface area contributed by atoms with Gasteiger partial charge in [0, 0.05) is 11.8 Å². The van der Waals surface area contributed by atoms with E-state index in [4.69, 9.17) is 5.11 Å². The van der Waals surface area contributed by atoms with Crippen molar-refractivity contribution in [1.29, 1.82) is 0 Å². The number of carboxylic acids is 1. The number of aliphatic carboxylic acids is 1. The van der Waals surface area contributed by atoms with Gasteiger partial charge < -0.3 is 5.11 Å². The second-order valence-electron chi connectivity index (χ2n) is 1.97. The maximum atomic E-state index is 10.3. The fourth-order valence-electron chi connectivity index (χ4n) is 0.665. The molecule has 7 heteroatoms. The van der Waals surface area contributed by atoms with Gasteiger partial charge in [0.05, 0.1) is 0 Å². The summed E-state index contributed by atoms with van der Waals surface area (Å²) in [6, 6.07) is 0. The Morgan fingerprint density at radius 1 is 1.75 bits per heavy atom. The number of rotatable bonds is 4. The molecule has 1 radical (unpaired) electrons. The van der Waals surface area contributed by atoms with Gasteiger partial charge in [-0.1, -0.05) is 12.2 Å². The predicted molar refractivity (Wildman–Crippen MR) is 41.8 cm³/mol. The first-order valence-electron chi connectivity index (χ1n) is 3.06. The number of carbonyl (C=O) groups is 1. The normalized spacial score (nSPS) is 9.67.